The number of rotatable bonds is 16. The molecular weight excluding hydrogens is 472 g/mol. The smallest absolute Gasteiger partial charge is 0.228 e. The van der Waals surface area contributed by atoms with Crippen LogP contribution in [0.4, 0.5) is 0 Å². The predicted molar refractivity (Wildman–Crippen MR) is 160 cm³/mol. The molecule has 0 spiro atoms. The molecule has 0 atom stereocenters. The highest BCUT2D eigenvalue weighted by Gasteiger charge is 2.34. The molecule has 0 heterocycles. The van der Waals surface area contributed by atoms with Gasteiger partial charge in [0.25, 0.3) is 0 Å². The molecule has 4 heteroatoms. The highest BCUT2D eigenvalue weighted by Crippen LogP contribution is 2.28. The first-order chi connectivity index (χ1) is 18.0. The van der Waals surface area contributed by atoms with Gasteiger partial charge >= 0.3 is 0 Å². The zero-order valence-electron chi connectivity index (χ0n) is 25.4. The van der Waals surface area contributed by atoms with E-state index in [4.69, 9.17) is 9.47 Å². The number of carbonyl (C=O) groups excluding carboxylic acids is 2. The van der Waals surface area contributed by atoms with Crippen molar-refractivity contribution in [3.8, 4) is 0 Å². The molecule has 0 saturated heterocycles. The molecule has 0 saturated carbocycles. The number of ketones is 2. The molecule has 38 heavy (non-hydrogen) atoms. The Labute approximate surface area is 231 Å². The number of hydrogen-bond donors (Lipinski definition) is 0. The van der Waals surface area contributed by atoms with E-state index in [9.17, 15) is 9.59 Å². The van der Waals surface area contributed by atoms with Crippen molar-refractivity contribution in [2.75, 3.05) is 14.2 Å². The number of methoxy groups -OCH3 is 2. The minimum absolute atomic E-state index is 0.00583. The summed E-state index contributed by atoms with van der Waals surface area (Å²) in [6, 6.07) is 0. The number of ether oxygens (including phenoxy) is 2. The van der Waals surface area contributed by atoms with Crippen molar-refractivity contribution >= 4 is 11.6 Å². The molecule has 0 fully saturated rings. The summed E-state index contributed by atoms with van der Waals surface area (Å²) in [7, 11) is 2.77. The topological polar surface area (TPSA) is 52.6 Å². The van der Waals surface area contributed by atoms with Gasteiger partial charge < -0.3 is 9.47 Å². The molecule has 0 N–H and O–H groups in total. The molecule has 4 nitrogen and oxygen atoms in total. The van der Waals surface area contributed by atoms with Crippen LogP contribution in [0, 0.1) is 0 Å². The fourth-order valence-corrected chi connectivity index (χ4v) is 4.35. The Bertz CT molecular complexity index is 1050. The van der Waals surface area contributed by atoms with E-state index in [1.165, 1.54) is 42.1 Å². The van der Waals surface area contributed by atoms with Crippen LogP contribution < -0.4 is 0 Å². The van der Waals surface area contributed by atoms with E-state index in [0.29, 0.717) is 17.6 Å². The lowest BCUT2D eigenvalue weighted by Gasteiger charge is -2.19. The Kier molecular flexibility index (Phi) is 15.3. The molecular formula is C34H50O4. The van der Waals surface area contributed by atoms with Crippen LogP contribution in [0.15, 0.2) is 80.9 Å². The van der Waals surface area contributed by atoms with Gasteiger partial charge in [-0.15, -0.1) is 0 Å². The molecule has 0 aliphatic heterocycles. The third-order valence-corrected chi connectivity index (χ3v) is 6.93. The average molecular weight is 523 g/mol. The summed E-state index contributed by atoms with van der Waals surface area (Å²) in [4.78, 5) is 25.3. The largest absolute Gasteiger partial charge is 0.489 e. The number of Topliss-reactive ketones (excluding diaryl/α,β-unsaturated/α-hetero) is 2. The molecule has 210 valence electrons. The molecule has 0 amide bonds. The van der Waals surface area contributed by atoms with E-state index < -0.39 is 0 Å². The fraction of sp³-hybridized carbons (Fsp3) is 0.529. The van der Waals surface area contributed by atoms with Gasteiger partial charge in [-0.05, 0) is 106 Å². The second-order valence-electron chi connectivity index (χ2n) is 10.7. The van der Waals surface area contributed by atoms with Crippen molar-refractivity contribution in [2.24, 2.45) is 0 Å². The maximum absolute atomic E-state index is 12.8. The second kappa shape index (κ2) is 17.6. The zero-order valence-corrected chi connectivity index (χ0v) is 25.4. The van der Waals surface area contributed by atoms with Crippen LogP contribution in [0.25, 0.3) is 0 Å². The number of carbonyl (C=O) groups is 2. The van der Waals surface area contributed by atoms with Crippen LogP contribution in [0.2, 0.25) is 0 Å². The van der Waals surface area contributed by atoms with E-state index in [0.717, 1.165) is 51.4 Å². The summed E-state index contributed by atoms with van der Waals surface area (Å²) in [5.74, 6) is -0.568. The Morgan fingerprint density at radius 3 is 1.34 bits per heavy atom. The average Bonchev–Trinajstić information content (AvgIpc) is 2.85. The van der Waals surface area contributed by atoms with Gasteiger partial charge in [-0.3, -0.25) is 9.59 Å². The van der Waals surface area contributed by atoms with Gasteiger partial charge in [0, 0.05) is 11.1 Å². The van der Waals surface area contributed by atoms with Crippen molar-refractivity contribution in [3.05, 3.63) is 80.9 Å². The first-order valence-corrected chi connectivity index (χ1v) is 13.9. The Hall–Kier alpha value is -2.88. The Morgan fingerprint density at radius 1 is 0.579 bits per heavy atom. The van der Waals surface area contributed by atoms with E-state index in [1.54, 1.807) is 6.92 Å². The van der Waals surface area contributed by atoms with E-state index in [2.05, 4.69) is 65.8 Å². The third kappa shape index (κ3) is 11.7. The monoisotopic (exact) mass is 522 g/mol. The summed E-state index contributed by atoms with van der Waals surface area (Å²) in [6.07, 6.45) is 20.5. The highest BCUT2D eigenvalue weighted by molar-refractivity contribution is 6.23. The Balaban J connectivity index is 2.47. The molecule has 0 radical (unpaired) electrons. The van der Waals surface area contributed by atoms with Gasteiger partial charge in [0.05, 0.1) is 14.2 Å². The third-order valence-electron chi connectivity index (χ3n) is 6.93. The molecule has 1 aliphatic carbocycles. The summed E-state index contributed by atoms with van der Waals surface area (Å²) in [5, 5.41) is 0. The first kappa shape index (κ1) is 33.1. The first-order valence-electron chi connectivity index (χ1n) is 13.9. The number of hydrogen-bond acceptors (Lipinski definition) is 4. The summed E-state index contributed by atoms with van der Waals surface area (Å²) < 4.78 is 10.3. The maximum Gasteiger partial charge on any atom is 0.228 e. The van der Waals surface area contributed by atoms with Gasteiger partial charge in [-0.2, -0.15) is 0 Å². The lowest BCUT2D eigenvalue weighted by Crippen LogP contribution is -2.24. The lowest BCUT2D eigenvalue weighted by molar-refractivity contribution is -0.121. The number of allylic oxidation sites excluding steroid dienone is 12. The van der Waals surface area contributed by atoms with Crippen molar-refractivity contribution < 1.29 is 19.1 Å². The quantitative estimate of drug-likeness (QED) is 0.150. The van der Waals surface area contributed by atoms with Crippen LogP contribution in [0.3, 0.4) is 0 Å². The summed E-state index contributed by atoms with van der Waals surface area (Å²) in [6.45, 7) is 14.7. The highest BCUT2D eigenvalue weighted by atomic mass is 16.5. The van der Waals surface area contributed by atoms with Crippen LogP contribution in [-0.4, -0.2) is 25.8 Å². The van der Waals surface area contributed by atoms with Crippen molar-refractivity contribution in [2.45, 2.75) is 106 Å². The van der Waals surface area contributed by atoms with E-state index in [1.807, 2.05) is 6.08 Å². The van der Waals surface area contributed by atoms with E-state index in [-0.39, 0.29) is 23.1 Å². The molecule has 0 aromatic heterocycles. The predicted octanol–water partition coefficient (Wildman–Crippen LogP) is 9.22. The zero-order chi connectivity index (χ0) is 28.7. The minimum Gasteiger partial charge on any atom is -0.489 e. The van der Waals surface area contributed by atoms with Crippen LogP contribution in [-0.2, 0) is 19.1 Å². The molecule has 1 rings (SSSR count). The molecule has 0 aromatic rings. The van der Waals surface area contributed by atoms with Gasteiger partial charge in [0.15, 0.2) is 0 Å². The van der Waals surface area contributed by atoms with Crippen LogP contribution in [0.5, 0.6) is 0 Å². The maximum atomic E-state index is 12.8. The molecule has 1 aliphatic rings. The normalized spacial score (nSPS) is 15.9. The second-order valence-corrected chi connectivity index (χ2v) is 10.7. The van der Waals surface area contributed by atoms with Crippen LogP contribution >= 0.6 is 0 Å². The van der Waals surface area contributed by atoms with Crippen molar-refractivity contribution in [3.63, 3.8) is 0 Å². The summed E-state index contributed by atoms with van der Waals surface area (Å²) in [5.41, 5.74) is 7.87. The van der Waals surface area contributed by atoms with Gasteiger partial charge in [0.2, 0.25) is 23.1 Å². The van der Waals surface area contributed by atoms with Gasteiger partial charge in [0.1, 0.15) is 0 Å². The minimum atomic E-state index is -0.283. The Morgan fingerprint density at radius 2 is 0.947 bits per heavy atom. The fourth-order valence-electron chi connectivity index (χ4n) is 4.35. The molecule has 0 unspecified atom stereocenters. The van der Waals surface area contributed by atoms with Gasteiger partial charge in [-0.25, -0.2) is 0 Å². The SMILES string of the molecule is COC1=C(OC)C(=O)C(CC=C(C)CCC=C(C)CCC=C(C)CCC=C(C)CCC=C(C)C)=C(C)C1=O. The lowest BCUT2D eigenvalue weighted by atomic mass is 9.90. The molecule has 0 bridgehead atoms. The van der Waals surface area contributed by atoms with E-state index >= 15 is 0 Å². The van der Waals surface area contributed by atoms with Crippen molar-refractivity contribution in [1.82, 2.24) is 0 Å². The standard InChI is InChI=1S/C34H50O4/c1-24(2)14-10-15-25(3)16-11-17-26(4)18-12-19-27(5)20-13-21-28(6)22-23-30-29(7)31(35)33(37-8)34(38-9)32(30)36/h14,16,18,20,22H,10-13,15,17,19,21,23H2,1-9H3. The summed E-state index contributed by atoms with van der Waals surface area (Å²) >= 11 is 0. The van der Waals surface area contributed by atoms with Crippen molar-refractivity contribution in [1.29, 1.82) is 0 Å². The van der Waals surface area contributed by atoms with Crippen LogP contribution in [0.1, 0.15) is 106 Å². The molecule has 0 aromatic carbocycles. The van der Waals surface area contributed by atoms with Gasteiger partial charge in [-0.1, -0.05) is 58.2 Å².